The number of fused-ring (bicyclic) bond motifs is 1. The van der Waals surface area contributed by atoms with Gasteiger partial charge in [0.2, 0.25) is 0 Å². The largest absolute Gasteiger partial charge is 0.481 e. The van der Waals surface area contributed by atoms with Gasteiger partial charge in [0.25, 0.3) is 0 Å². The number of carboxylic acids is 1. The lowest BCUT2D eigenvalue weighted by Gasteiger charge is -2.14. The highest BCUT2D eigenvalue weighted by molar-refractivity contribution is 7.99. The number of methoxy groups -OCH3 is 1. The van der Waals surface area contributed by atoms with Crippen molar-refractivity contribution in [3.63, 3.8) is 0 Å². The smallest absolute Gasteiger partial charge is 0.328 e. The maximum atomic E-state index is 11.8. The Morgan fingerprint density at radius 2 is 2.14 bits per heavy atom. The number of hydrogen-bond donors (Lipinski definition) is 1. The highest BCUT2D eigenvalue weighted by Gasteiger charge is 2.26. The zero-order valence-corrected chi connectivity index (χ0v) is 13.0. The number of esters is 1. The SMILES string of the molecule is COC(=O)C(C)n1c(SCC(=O)O)nc2c(C)nn(C)c21. The fourth-order valence-electron chi connectivity index (χ4n) is 2.13. The third-order valence-electron chi connectivity index (χ3n) is 3.06. The third kappa shape index (κ3) is 2.73. The van der Waals surface area contributed by atoms with Gasteiger partial charge in [0.15, 0.2) is 10.8 Å². The molecular formula is C12H16N4O4S. The van der Waals surface area contributed by atoms with Gasteiger partial charge in [-0.2, -0.15) is 5.10 Å². The average molecular weight is 312 g/mol. The summed E-state index contributed by atoms with van der Waals surface area (Å²) in [4.78, 5) is 27.0. The molecule has 2 heterocycles. The second kappa shape index (κ2) is 5.76. The summed E-state index contributed by atoms with van der Waals surface area (Å²) in [5, 5.41) is 13.6. The normalized spacial score (nSPS) is 12.6. The summed E-state index contributed by atoms with van der Waals surface area (Å²) >= 11 is 1.06. The Labute approximate surface area is 125 Å². The topological polar surface area (TPSA) is 99.2 Å². The summed E-state index contributed by atoms with van der Waals surface area (Å²) in [6, 6.07) is -0.619. The van der Waals surface area contributed by atoms with Gasteiger partial charge in [-0.25, -0.2) is 9.78 Å². The van der Waals surface area contributed by atoms with Crippen LogP contribution in [-0.4, -0.2) is 49.2 Å². The van der Waals surface area contributed by atoms with E-state index in [4.69, 9.17) is 9.84 Å². The van der Waals surface area contributed by atoms with Gasteiger partial charge in [-0.3, -0.25) is 14.0 Å². The summed E-state index contributed by atoms with van der Waals surface area (Å²) in [5.41, 5.74) is 2.04. The van der Waals surface area contributed by atoms with Crippen molar-refractivity contribution in [2.75, 3.05) is 12.9 Å². The van der Waals surface area contributed by atoms with Crippen LogP contribution in [0.15, 0.2) is 5.16 Å². The van der Waals surface area contributed by atoms with Gasteiger partial charge in [0.1, 0.15) is 11.6 Å². The molecule has 0 spiro atoms. The summed E-state index contributed by atoms with van der Waals surface area (Å²) in [6.45, 7) is 3.49. The lowest BCUT2D eigenvalue weighted by Crippen LogP contribution is -2.20. The maximum absolute atomic E-state index is 11.8. The Balaban J connectivity index is 2.58. The first kappa shape index (κ1) is 15.4. The number of carboxylic acid groups (broad SMARTS) is 1. The summed E-state index contributed by atoms with van der Waals surface area (Å²) in [5.74, 6) is -1.51. The minimum absolute atomic E-state index is 0.135. The predicted octanol–water partition coefficient (Wildman–Crippen LogP) is 0.989. The molecule has 1 atom stereocenters. The van der Waals surface area contributed by atoms with Crippen molar-refractivity contribution in [1.82, 2.24) is 19.3 Å². The molecule has 0 saturated heterocycles. The van der Waals surface area contributed by atoms with Crippen molar-refractivity contribution in [3.8, 4) is 0 Å². The number of rotatable bonds is 5. The number of aliphatic carboxylic acids is 1. The van der Waals surface area contributed by atoms with E-state index in [1.807, 2.05) is 6.92 Å². The lowest BCUT2D eigenvalue weighted by atomic mass is 10.3. The van der Waals surface area contributed by atoms with Crippen molar-refractivity contribution in [2.24, 2.45) is 7.05 Å². The number of ether oxygens (including phenoxy) is 1. The van der Waals surface area contributed by atoms with Crippen LogP contribution in [0.4, 0.5) is 0 Å². The van der Waals surface area contributed by atoms with Gasteiger partial charge in [0.05, 0.1) is 18.6 Å². The predicted molar refractivity (Wildman–Crippen MR) is 76.3 cm³/mol. The lowest BCUT2D eigenvalue weighted by molar-refractivity contribution is -0.144. The first-order valence-corrected chi connectivity index (χ1v) is 7.19. The Morgan fingerprint density at radius 1 is 1.48 bits per heavy atom. The first-order chi connectivity index (χ1) is 9.86. The molecule has 0 aliphatic rings. The molecule has 2 rings (SSSR count). The van der Waals surface area contributed by atoms with Crippen LogP contribution in [0.3, 0.4) is 0 Å². The third-order valence-corrected chi connectivity index (χ3v) is 3.99. The van der Waals surface area contributed by atoms with Crippen LogP contribution in [0, 0.1) is 6.92 Å². The highest BCUT2D eigenvalue weighted by Crippen LogP contribution is 2.29. The number of hydrogen-bond acceptors (Lipinski definition) is 6. The summed E-state index contributed by atoms with van der Waals surface area (Å²) in [6.07, 6.45) is 0. The van der Waals surface area contributed by atoms with Crippen LogP contribution in [0.1, 0.15) is 18.7 Å². The average Bonchev–Trinajstić information content (AvgIpc) is 2.93. The Kier molecular flexibility index (Phi) is 4.21. The molecule has 0 aromatic carbocycles. The molecule has 114 valence electrons. The number of aromatic nitrogens is 4. The van der Waals surface area contributed by atoms with E-state index in [-0.39, 0.29) is 5.75 Å². The Hall–Kier alpha value is -2.03. The van der Waals surface area contributed by atoms with E-state index in [1.165, 1.54) is 7.11 Å². The van der Waals surface area contributed by atoms with Crippen LogP contribution >= 0.6 is 11.8 Å². The molecule has 0 aliphatic heterocycles. The number of aryl methyl sites for hydroxylation is 2. The van der Waals surface area contributed by atoms with E-state index in [1.54, 1.807) is 23.2 Å². The van der Waals surface area contributed by atoms with E-state index >= 15 is 0 Å². The molecule has 1 unspecified atom stereocenters. The second-order valence-electron chi connectivity index (χ2n) is 4.53. The van der Waals surface area contributed by atoms with Crippen molar-refractivity contribution in [3.05, 3.63) is 5.69 Å². The molecule has 2 aromatic rings. The minimum atomic E-state index is -0.945. The van der Waals surface area contributed by atoms with Crippen LogP contribution in [-0.2, 0) is 21.4 Å². The first-order valence-electron chi connectivity index (χ1n) is 6.20. The van der Waals surface area contributed by atoms with Gasteiger partial charge in [0, 0.05) is 7.05 Å². The van der Waals surface area contributed by atoms with Crippen LogP contribution in [0.25, 0.3) is 11.2 Å². The highest BCUT2D eigenvalue weighted by atomic mass is 32.2. The zero-order chi connectivity index (χ0) is 15.7. The molecule has 0 bridgehead atoms. The molecule has 1 N–H and O–H groups in total. The minimum Gasteiger partial charge on any atom is -0.481 e. The molecule has 0 radical (unpaired) electrons. The van der Waals surface area contributed by atoms with Gasteiger partial charge in [-0.1, -0.05) is 11.8 Å². The Morgan fingerprint density at radius 3 is 2.71 bits per heavy atom. The van der Waals surface area contributed by atoms with Crippen molar-refractivity contribution < 1.29 is 19.4 Å². The standard InChI is InChI=1S/C12H16N4O4S/c1-6-9-10(15(3)14-6)16(7(2)11(19)20-4)12(13-9)21-5-8(17)18/h7H,5H2,1-4H3,(H,17,18). The van der Waals surface area contributed by atoms with E-state index < -0.39 is 18.0 Å². The quantitative estimate of drug-likeness (QED) is 0.649. The molecule has 0 aliphatic carbocycles. The van der Waals surface area contributed by atoms with Gasteiger partial charge in [-0.05, 0) is 13.8 Å². The van der Waals surface area contributed by atoms with Crippen LogP contribution in [0.5, 0.6) is 0 Å². The number of carbonyl (C=O) groups excluding carboxylic acids is 1. The fraction of sp³-hybridized carbons (Fsp3) is 0.500. The number of imidazole rings is 1. The second-order valence-corrected chi connectivity index (χ2v) is 5.47. The molecule has 0 saturated carbocycles. The fourth-order valence-corrected chi connectivity index (χ4v) is 2.92. The van der Waals surface area contributed by atoms with Crippen molar-refractivity contribution in [2.45, 2.75) is 25.0 Å². The van der Waals surface area contributed by atoms with Crippen LogP contribution < -0.4 is 0 Å². The molecule has 0 fully saturated rings. The zero-order valence-electron chi connectivity index (χ0n) is 12.2. The van der Waals surface area contributed by atoms with E-state index in [0.29, 0.717) is 16.3 Å². The number of nitrogens with zero attached hydrogens (tertiary/aromatic N) is 4. The van der Waals surface area contributed by atoms with Gasteiger partial charge in [-0.15, -0.1) is 0 Å². The van der Waals surface area contributed by atoms with Crippen molar-refractivity contribution in [1.29, 1.82) is 0 Å². The van der Waals surface area contributed by atoms with Crippen LogP contribution in [0.2, 0.25) is 0 Å². The number of thioether (sulfide) groups is 1. The van der Waals surface area contributed by atoms with E-state index in [2.05, 4.69) is 10.1 Å². The molecular weight excluding hydrogens is 296 g/mol. The molecule has 0 amide bonds. The maximum Gasteiger partial charge on any atom is 0.328 e. The molecule has 9 heteroatoms. The van der Waals surface area contributed by atoms with E-state index in [0.717, 1.165) is 17.5 Å². The molecule has 21 heavy (non-hydrogen) atoms. The van der Waals surface area contributed by atoms with Gasteiger partial charge < -0.3 is 9.84 Å². The molecule has 8 nitrogen and oxygen atoms in total. The van der Waals surface area contributed by atoms with Gasteiger partial charge >= 0.3 is 11.9 Å². The Bertz CT molecular complexity index is 706. The molecule has 2 aromatic heterocycles. The van der Waals surface area contributed by atoms with E-state index in [9.17, 15) is 9.59 Å². The monoisotopic (exact) mass is 312 g/mol. The van der Waals surface area contributed by atoms with Crippen molar-refractivity contribution >= 4 is 34.9 Å². The summed E-state index contributed by atoms with van der Waals surface area (Å²) in [7, 11) is 3.06. The summed E-state index contributed by atoms with van der Waals surface area (Å²) < 4.78 is 8.06. The number of carbonyl (C=O) groups is 2.